The van der Waals surface area contributed by atoms with E-state index < -0.39 is 4.92 Å². The zero-order valence-electron chi connectivity index (χ0n) is 11.0. The molecule has 1 atom stereocenters. The number of alkyl halides is 1. The van der Waals surface area contributed by atoms with Gasteiger partial charge in [0.1, 0.15) is 0 Å². The van der Waals surface area contributed by atoms with Crippen LogP contribution in [0.25, 0.3) is 0 Å². The minimum atomic E-state index is -0.540. The number of methoxy groups -OCH3 is 1. The number of nitrogens with zero attached hydrogens (tertiary/aromatic N) is 1. The molecular weight excluding hydrogens is 328 g/mol. The van der Waals surface area contributed by atoms with E-state index in [1.54, 1.807) is 0 Å². The van der Waals surface area contributed by atoms with Crippen molar-refractivity contribution in [2.45, 2.75) is 17.7 Å². The highest BCUT2D eigenvalue weighted by Crippen LogP contribution is 2.36. The SMILES string of the molecule is COc1cc(C(=O)NCC(Br)C2CC2)ccc1[N+](=O)[O-]. The van der Waals surface area contributed by atoms with Gasteiger partial charge in [-0.3, -0.25) is 14.9 Å². The van der Waals surface area contributed by atoms with Crippen LogP contribution in [0.15, 0.2) is 18.2 Å². The lowest BCUT2D eigenvalue weighted by Gasteiger charge is -2.10. The third-order valence-corrected chi connectivity index (χ3v) is 4.30. The van der Waals surface area contributed by atoms with E-state index >= 15 is 0 Å². The van der Waals surface area contributed by atoms with E-state index in [0.29, 0.717) is 18.0 Å². The van der Waals surface area contributed by atoms with Crippen molar-refractivity contribution in [1.82, 2.24) is 5.32 Å². The molecular formula is C13H15BrN2O4. The zero-order chi connectivity index (χ0) is 14.7. The van der Waals surface area contributed by atoms with Gasteiger partial charge in [0.25, 0.3) is 5.91 Å². The van der Waals surface area contributed by atoms with E-state index in [-0.39, 0.29) is 22.2 Å². The van der Waals surface area contributed by atoms with Gasteiger partial charge in [-0.2, -0.15) is 0 Å². The molecule has 0 radical (unpaired) electrons. The lowest BCUT2D eigenvalue weighted by atomic mass is 10.1. The number of nitro benzene ring substituents is 1. The first-order valence-corrected chi connectivity index (χ1v) is 7.19. The maximum atomic E-state index is 12.0. The van der Waals surface area contributed by atoms with Gasteiger partial charge in [-0.05, 0) is 24.8 Å². The Balaban J connectivity index is 2.03. The molecule has 0 saturated heterocycles. The number of amides is 1. The Labute approximate surface area is 124 Å². The van der Waals surface area contributed by atoms with Crippen molar-refractivity contribution < 1.29 is 14.5 Å². The van der Waals surface area contributed by atoms with Gasteiger partial charge in [0.2, 0.25) is 0 Å². The summed E-state index contributed by atoms with van der Waals surface area (Å²) in [4.78, 5) is 22.5. The van der Waals surface area contributed by atoms with Crippen molar-refractivity contribution in [1.29, 1.82) is 0 Å². The van der Waals surface area contributed by atoms with Crippen LogP contribution < -0.4 is 10.1 Å². The van der Waals surface area contributed by atoms with Crippen molar-refractivity contribution in [2.75, 3.05) is 13.7 Å². The second kappa shape index (κ2) is 6.21. The number of ether oxygens (including phenoxy) is 1. The van der Waals surface area contributed by atoms with Crippen LogP contribution in [0, 0.1) is 16.0 Å². The van der Waals surface area contributed by atoms with Crippen LogP contribution in [0.2, 0.25) is 0 Å². The third kappa shape index (κ3) is 3.47. The van der Waals surface area contributed by atoms with E-state index in [0.717, 1.165) is 0 Å². The van der Waals surface area contributed by atoms with Crippen molar-refractivity contribution in [3.63, 3.8) is 0 Å². The minimum Gasteiger partial charge on any atom is -0.490 e. The monoisotopic (exact) mass is 342 g/mol. The molecule has 20 heavy (non-hydrogen) atoms. The fraction of sp³-hybridized carbons (Fsp3) is 0.462. The highest BCUT2D eigenvalue weighted by molar-refractivity contribution is 9.09. The summed E-state index contributed by atoms with van der Waals surface area (Å²) in [6, 6.07) is 4.09. The van der Waals surface area contributed by atoms with Gasteiger partial charge in [-0.1, -0.05) is 15.9 Å². The number of benzene rings is 1. The molecule has 0 heterocycles. The van der Waals surface area contributed by atoms with Gasteiger partial charge < -0.3 is 10.1 Å². The van der Waals surface area contributed by atoms with E-state index in [9.17, 15) is 14.9 Å². The molecule has 1 aliphatic carbocycles. The number of carbonyl (C=O) groups is 1. The molecule has 1 N–H and O–H groups in total. The smallest absolute Gasteiger partial charge is 0.310 e. The molecule has 108 valence electrons. The highest BCUT2D eigenvalue weighted by Gasteiger charge is 2.29. The number of hydrogen-bond donors (Lipinski definition) is 1. The topological polar surface area (TPSA) is 81.5 Å². The van der Waals surface area contributed by atoms with Crippen LogP contribution in [-0.2, 0) is 0 Å². The predicted octanol–water partition coefficient (Wildman–Crippen LogP) is 2.51. The predicted molar refractivity (Wildman–Crippen MR) is 77.4 cm³/mol. The van der Waals surface area contributed by atoms with Crippen molar-refractivity contribution in [3.05, 3.63) is 33.9 Å². The van der Waals surface area contributed by atoms with Crippen LogP contribution in [0.4, 0.5) is 5.69 Å². The third-order valence-electron chi connectivity index (χ3n) is 3.23. The maximum Gasteiger partial charge on any atom is 0.310 e. The number of nitro groups is 1. The summed E-state index contributed by atoms with van der Waals surface area (Å²) in [7, 11) is 1.34. The number of carbonyl (C=O) groups excluding carboxylic acids is 1. The van der Waals surface area contributed by atoms with E-state index in [2.05, 4.69) is 21.2 Å². The Kier molecular flexibility index (Phi) is 4.59. The molecule has 1 aromatic rings. The summed E-state index contributed by atoms with van der Waals surface area (Å²) in [5.41, 5.74) is 0.198. The summed E-state index contributed by atoms with van der Waals surface area (Å²) in [5.74, 6) is 0.463. The number of nitrogens with one attached hydrogen (secondary N) is 1. The van der Waals surface area contributed by atoms with Crippen molar-refractivity contribution in [3.8, 4) is 5.75 Å². The second-order valence-electron chi connectivity index (χ2n) is 4.71. The van der Waals surface area contributed by atoms with Crippen molar-refractivity contribution >= 4 is 27.5 Å². The second-order valence-corrected chi connectivity index (χ2v) is 5.88. The Bertz CT molecular complexity index is 531. The first-order valence-electron chi connectivity index (χ1n) is 6.27. The lowest BCUT2D eigenvalue weighted by molar-refractivity contribution is -0.385. The Morgan fingerprint density at radius 1 is 1.60 bits per heavy atom. The molecule has 0 bridgehead atoms. The van der Waals surface area contributed by atoms with Gasteiger partial charge in [0, 0.05) is 29.1 Å². The molecule has 1 unspecified atom stereocenters. The van der Waals surface area contributed by atoms with E-state index in [1.807, 2.05) is 0 Å². The number of rotatable bonds is 6. The van der Waals surface area contributed by atoms with Crippen LogP contribution >= 0.6 is 15.9 Å². The van der Waals surface area contributed by atoms with Crippen LogP contribution in [0.1, 0.15) is 23.2 Å². The Hall–Kier alpha value is -1.63. The van der Waals surface area contributed by atoms with Gasteiger partial charge in [-0.15, -0.1) is 0 Å². The average molecular weight is 343 g/mol. The fourth-order valence-electron chi connectivity index (χ4n) is 1.89. The summed E-state index contributed by atoms with van der Waals surface area (Å²) >= 11 is 3.54. The maximum absolute atomic E-state index is 12.0. The molecule has 1 amide bonds. The molecule has 7 heteroatoms. The zero-order valence-corrected chi connectivity index (χ0v) is 12.6. The van der Waals surface area contributed by atoms with Crippen LogP contribution in [-0.4, -0.2) is 29.3 Å². The highest BCUT2D eigenvalue weighted by atomic mass is 79.9. The fourth-order valence-corrected chi connectivity index (χ4v) is 2.58. The Morgan fingerprint density at radius 3 is 2.85 bits per heavy atom. The standard InChI is InChI=1S/C13H15BrN2O4/c1-20-12-6-9(4-5-11(12)16(18)19)13(17)15-7-10(14)8-2-3-8/h4-6,8,10H,2-3,7H2,1H3,(H,15,17). The normalized spacial score (nSPS) is 15.5. The molecule has 6 nitrogen and oxygen atoms in total. The lowest BCUT2D eigenvalue weighted by Crippen LogP contribution is -2.30. The summed E-state index contributed by atoms with van der Waals surface area (Å²) in [6.45, 7) is 0.544. The van der Waals surface area contributed by atoms with Crippen LogP contribution in [0.5, 0.6) is 5.75 Å². The van der Waals surface area contributed by atoms with E-state index in [1.165, 1.54) is 38.2 Å². The van der Waals surface area contributed by atoms with Crippen molar-refractivity contribution in [2.24, 2.45) is 5.92 Å². The molecule has 1 fully saturated rings. The molecule has 2 rings (SSSR count). The minimum absolute atomic E-state index is 0.0836. The molecule has 0 aliphatic heterocycles. The molecule has 1 saturated carbocycles. The Morgan fingerprint density at radius 2 is 2.30 bits per heavy atom. The number of halogens is 1. The summed E-state index contributed by atoms with van der Waals surface area (Å²) in [6.07, 6.45) is 2.38. The van der Waals surface area contributed by atoms with Gasteiger partial charge >= 0.3 is 5.69 Å². The number of hydrogen-bond acceptors (Lipinski definition) is 4. The first-order chi connectivity index (χ1) is 9.52. The average Bonchev–Trinajstić information content (AvgIpc) is 3.28. The van der Waals surface area contributed by atoms with Gasteiger partial charge in [0.05, 0.1) is 12.0 Å². The molecule has 1 aromatic carbocycles. The van der Waals surface area contributed by atoms with Gasteiger partial charge in [0.15, 0.2) is 5.75 Å². The largest absolute Gasteiger partial charge is 0.490 e. The van der Waals surface area contributed by atoms with Crippen LogP contribution in [0.3, 0.4) is 0 Å². The molecule has 1 aliphatic rings. The summed E-state index contributed by atoms with van der Waals surface area (Å²) < 4.78 is 4.94. The van der Waals surface area contributed by atoms with E-state index in [4.69, 9.17) is 4.74 Å². The molecule has 0 aromatic heterocycles. The quantitative estimate of drug-likeness (QED) is 0.489. The first kappa shape index (κ1) is 14.8. The summed E-state index contributed by atoms with van der Waals surface area (Å²) in [5, 5.41) is 13.6. The molecule has 0 spiro atoms. The van der Waals surface area contributed by atoms with Gasteiger partial charge in [-0.25, -0.2) is 0 Å².